The third-order valence-electron chi connectivity index (χ3n) is 6.35. The Balaban J connectivity index is 1.34. The fraction of sp³-hybridized carbons (Fsp3) is 0.458. The number of aryl methyl sites for hydroxylation is 1. The van der Waals surface area contributed by atoms with Crippen molar-refractivity contribution < 1.29 is 14.3 Å². The zero-order valence-electron chi connectivity index (χ0n) is 18.2. The van der Waals surface area contributed by atoms with Gasteiger partial charge in [-0.1, -0.05) is 27.7 Å². The molecule has 1 aromatic carbocycles. The van der Waals surface area contributed by atoms with Crippen LogP contribution in [0.15, 0.2) is 36.5 Å². The molecule has 2 amide bonds. The number of ether oxygens (including phenoxy) is 1. The average Bonchev–Trinajstić information content (AvgIpc) is 3.52. The third-order valence-corrected chi connectivity index (χ3v) is 6.35. The normalized spacial score (nSPS) is 22.7. The molecule has 0 saturated heterocycles. The molecular formula is C24H29N3O3. The Kier molecular flexibility index (Phi) is 4.83. The molecule has 6 nitrogen and oxygen atoms in total. The summed E-state index contributed by atoms with van der Waals surface area (Å²) in [5, 5.41) is 5.92. The molecule has 2 saturated carbocycles. The minimum Gasteiger partial charge on any atom is -0.439 e. The number of nitrogens with zero attached hydrogens (tertiary/aromatic N) is 1. The average molecular weight is 408 g/mol. The van der Waals surface area contributed by atoms with Crippen LogP contribution in [0.1, 0.15) is 46.1 Å². The fourth-order valence-electron chi connectivity index (χ4n) is 3.72. The van der Waals surface area contributed by atoms with Gasteiger partial charge in [-0.15, -0.1) is 0 Å². The number of aromatic nitrogens is 1. The van der Waals surface area contributed by atoms with Crippen molar-refractivity contribution in [2.75, 3.05) is 10.6 Å². The van der Waals surface area contributed by atoms with Crippen LogP contribution in [0.4, 0.5) is 11.4 Å². The van der Waals surface area contributed by atoms with Crippen LogP contribution in [0.5, 0.6) is 11.6 Å². The van der Waals surface area contributed by atoms with E-state index in [0.717, 1.165) is 24.1 Å². The van der Waals surface area contributed by atoms with Gasteiger partial charge >= 0.3 is 0 Å². The van der Waals surface area contributed by atoms with Gasteiger partial charge in [0.05, 0.1) is 11.9 Å². The topological polar surface area (TPSA) is 80.3 Å². The zero-order valence-corrected chi connectivity index (χ0v) is 18.2. The lowest BCUT2D eigenvalue weighted by Gasteiger charge is -2.11. The van der Waals surface area contributed by atoms with E-state index in [1.807, 2.05) is 19.1 Å². The van der Waals surface area contributed by atoms with Gasteiger partial charge in [0, 0.05) is 23.6 Å². The van der Waals surface area contributed by atoms with Crippen molar-refractivity contribution in [1.82, 2.24) is 4.98 Å². The zero-order chi connectivity index (χ0) is 21.7. The van der Waals surface area contributed by atoms with E-state index >= 15 is 0 Å². The first-order chi connectivity index (χ1) is 14.0. The van der Waals surface area contributed by atoms with Crippen LogP contribution >= 0.6 is 0 Å². The van der Waals surface area contributed by atoms with Gasteiger partial charge in [-0.25, -0.2) is 4.98 Å². The van der Waals surface area contributed by atoms with Gasteiger partial charge in [0.1, 0.15) is 5.75 Å². The van der Waals surface area contributed by atoms with Gasteiger partial charge in [-0.2, -0.15) is 0 Å². The highest BCUT2D eigenvalue weighted by atomic mass is 16.5. The predicted octanol–water partition coefficient (Wildman–Crippen LogP) is 5.15. The van der Waals surface area contributed by atoms with Crippen LogP contribution in [-0.4, -0.2) is 16.8 Å². The summed E-state index contributed by atoms with van der Waals surface area (Å²) in [5.74, 6) is 1.35. The molecule has 1 heterocycles. The van der Waals surface area contributed by atoms with Gasteiger partial charge in [0.15, 0.2) is 0 Å². The molecule has 2 aliphatic rings. The largest absolute Gasteiger partial charge is 0.439 e. The molecule has 1 aromatic heterocycles. The Morgan fingerprint density at radius 1 is 0.967 bits per heavy atom. The molecule has 0 bridgehead atoms. The predicted molar refractivity (Wildman–Crippen MR) is 117 cm³/mol. The molecule has 2 aromatic rings. The third kappa shape index (κ3) is 4.32. The Hall–Kier alpha value is -2.89. The summed E-state index contributed by atoms with van der Waals surface area (Å²) in [5.41, 5.74) is 2.55. The fourth-order valence-corrected chi connectivity index (χ4v) is 3.72. The molecule has 2 unspecified atom stereocenters. The minimum absolute atomic E-state index is 0.0470. The number of rotatable bonds is 6. The highest BCUT2D eigenvalue weighted by molar-refractivity contribution is 5.95. The number of carbonyl (C=O) groups is 2. The van der Waals surface area contributed by atoms with Crippen LogP contribution < -0.4 is 15.4 Å². The van der Waals surface area contributed by atoms with Crippen LogP contribution in [0.25, 0.3) is 0 Å². The van der Waals surface area contributed by atoms with Gasteiger partial charge in [-0.05, 0) is 60.4 Å². The number of amides is 2. The lowest BCUT2D eigenvalue weighted by Crippen LogP contribution is -2.17. The van der Waals surface area contributed by atoms with Gasteiger partial charge < -0.3 is 15.4 Å². The van der Waals surface area contributed by atoms with Crippen molar-refractivity contribution in [3.63, 3.8) is 0 Å². The van der Waals surface area contributed by atoms with E-state index in [4.69, 9.17) is 4.74 Å². The lowest BCUT2D eigenvalue weighted by molar-refractivity contribution is -0.118. The van der Waals surface area contributed by atoms with Crippen molar-refractivity contribution in [1.29, 1.82) is 0 Å². The van der Waals surface area contributed by atoms with Crippen molar-refractivity contribution in [3.05, 3.63) is 42.1 Å². The van der Waals surface area contributed by atoms with Crippen molar-refractivity contribution in [2.45, 2.75) is 47.5 Å². The monoisotopic (exact) mass is 407 g/mol. The SMILES string of the molecule is Cc1cc(Oc2ccc(NC(=O)C3CC3(C)C)cc2)ncc1NC(=O)C1CC1(C)C. The number of pyridine rings is 1. The van der Waals surface area contributed by atoms with E-state index < -0.39 is 0 Å². The first-order valence-corrected chi connectivity index (χ1v) is 10.4. The van der Waals surface area contributed by atoms with Crippen LogP contribution in [-0.2, 0) is 9.59 Å². The maximum Gasteiger partial charge on any atom is 0.228 e. The molecule has 30 heavy (non-hydrogen) atoms. The minimum atomic E-state index is 0.0470. The van der Waals surface area contributed by atoms with E-state index in [-0.39, 0.29) is 34.5 Å². The molecule has 0 spiro atoms. The summed E-state index contributed by atoms with van der Waals surface area (Å²) >= 11 is 0. The second kappa shape index (κ2) is 7.11. The summed E-state index contributed by atoms with van der Waals surface area (Å²) in [4.78, 5) is 28.8. The van der Waals surface area contributed by atoms with Gasteiger partial charge in [0.2, 0.25) is 17.7 Å². The highest BCUT2D eigenvalue weighted by Crippen LogP contribution is 2.52. The standard InChI is InChI=1S/C24H29N3O3/c1-14-10-20(25-13-19(14)27-22(29)18-12-24(18,4)5)30-16-8-6-15(7-9-16)26-21(28)17-11-23(17,2)3/h6-10,13,17-18H,11-12H2,1-5H3,(H,26,28)(H,27,29). The summed E-state index contributed by atoms with van der Waals surface area (Å²) in [6.07, 6.45) is 3.48. The Labute approximate surface area is 177 Å². The molecule has 0 aliphatic heterocycles. The van der Waals surface area contributed by atoms with Crippen molar-refractivity contribution in [2.24, 2.45) is 22.7 Å². The number of anilines is 2. The van der Waals surface area contributed by atoms with E-state index in [1.165, 1.54) is 0 Å². The van der Waals surface area contributed by atoms with E-state index in [1.54, 1.807) is 24.4 Å². The molecule has 2 fully saturated rings. The number of benzene rings is 1. The maximum absolute atomic E-state index is 12.3. The Morgan fingerprint density at radius 2 is 1.50 bits per heavy atom. The quantitative estimate of drug-likeness (QED) is 0.694. The first-order valence-electron chi connectivity index (χ1n) is 10.4. The van der Waals surface area contributed by atoms with Gasteiger partial charge in [0.25, 0.3) is 0 Å². The Bertz CT molecular complexity index is 995. The van der Waals surface area contributed by atoms with E-state index in [2.05, 4.69) is 43.3 Å². The molecule has 2 atom stereocenters. The molecule has 2 aliphatic carbocycles. The molecule has 2 N–H and O–H groups in total. The van der Waals surface area contributed by atoms with E-state index in [9.17, 15) is 9.59 Å². The number of carbonyl (C=O) groups excluding carboxylic acids is 2. The summed E-state index contributed by atoms with van der Waals surface area (Å²) in [6.45, 7) is 10.3. The van der Waals surface area contributed by atoms with Crippen LogP contribution in [0.2, 0.25) is 0 Å². The van der Waals surface area contributed by atoms with Crippen LogP contribution in [0, 0.1) is 29.6 Å². The molecular weight excluding hydrogens is 378 g/mol. The summed E-state index contributed by atoms with van der Waals surface area (Å²) < 4.78 is 5.83. The smallest absolute Gasteiger partial charge is 0.228 e. The van der Waals surface area contributed by atoms with Crippen LogP contribution in [0.3, 0.4) is 0 Å². The van der Waals surface area contributed by atoms with E-state index in [0.29, 0.717) is 17.3 Å². The summed E-state index contributed by atoms with van der Waals surface area (Å²) in [6, 6.07) is 9.05. The molecule has 4 rings (SSSR count). The second-order valence-corrected chi connectivity index (χ2v) is 9.93. The van der Waals surface area contributed by atoms with Crippen molar-refractivity contribution in [3.8, 4) is 11.6 Å². The summed E-state index contributed by atoms with van der Waals surface area (Å²) in [7, 11) is 0. The number of nitrogens with one attached hydrogen (secondary N) is 2. The lowest BCUT2D eigenvalue weighted by atomic mass is 10.1. The second-order valence-electron chi connectivity index (χ2n) is 9.93. The first kappa shape index (κ1) is 20.4. The molecule has 0 radical (unpaired) electrons. The van der Waals surface area contributed by atoms with Crippen molar-refractivity contribution >= 4 is 23.2 Å². The molecule has 158 valence electrons. The highest BCUT2D eigenvalue weighted by Gasteiger charge is 2.51. The Morgan fingerprint density at radius 3 is 2.00 bits per heavy atom. The maximum atomic E-state index is 12.3. The molecule has 6 heteroatoms. The van der Waals surface area contributed by atoms with Gasteiger partial charge in [-0.3, -0.25) is 9.59 Å². The number of hydrogen-bond acceptors (Lipinski definition) is 4. The number of hydrogen-bond donors (Lipinski definition) is 2.